The fraction of sp³-hybridized carbons (Fsp3) is 0.600. The van der Waals surface area contributed by atoms with Crippen molar-refractivity contribution in [2.45, 2.75) is 44.9 Å². The standard InChI is InChI=1S/C20H29N3O4S/c1-20(2,3)19(25)21-14-18(24)22-9-11-23(12-10-22)28(26,27)17-8-7-15-5-4-6-16(15)13-17/h7-8,13H,4-6,9-12,14H2,1-3H3,(H,21,25). The van der Waals surface area contributed by atoms with E-state index in [4.69, 9.17) is 0 Å². The highest BCUT2D eigenvalue weighted by molar-refractivity contribution is 7.89. The Hall–Kier alpha value is -1.93. The molecule has 7 nitrogen and oxygen atoms in total. The molecule has 0 spiro atoms. The highest BCUT2D eigenvalue weighted by Crippen LogP contribution is 2.26. The van der Waals surface area contributed by atoms with Gasteiger partial charge in [0.05, 0.1) is 11.4 Å². The fourth-order valence-corrected chi connectivity index (χ4v) is 5.04. The molecule has 2 amide bonds. The summed E-state index contributed by atoms with van der Waals surface area (Å²) in [5, 5.41) is 2.65. The Bertz CT molecular complexity index is 866. The molecule has 0 bridgehead atoms. The van der Waals surface area contributed by atoms with E-state index in [0.29, 0.717) is 18.0 Å². The Balaban J connectivity index is 1.57. The van der Waals surface area contributed by atoms with Gasteiger partial charge in [-0.25, -0.2) is 8.42 Å². The molecule has 0 saturated carbocycles. The van der Waals surface area contributed by atoms with Crippen molar-refractivity contribution in [3.05, 3.63) is 29.3 Å². The number of carbonyl (C=O) groups is 2. The van der Waals surface area contributed by atoms with Gasteiger partial charge in [-0.3, -0.25) is 9.59 Å². The number of piperazine rings is 1. The van der Waals surface area contributed by atoms with Crippen molar-refractivity contribution in [2.75, 3.05) is 32.7 Å². The third-order valence-corrected chi connectivity index (χ3v) is 7.28. The van der Waals surface area contributed by atoms with Gasteiger partial charge in [0.2, 0.25) is 21.8 Å². The maximum atomic E-state index is 13.0. The zero-order valence-electron chi connectivity index (χ0n) is 16.8. The molecule has 3 rings (SSSR count). The lowest BCUT2D eigenvalue weighted by molar-refractivity contribution is -0.135. The van der Waals surface area contributed by atoms with Gasteiger partial charge in [-0.2, -0.15) is 4.31 Å². The van der Waals surface area contributed by atoms with Gasteiger partial charge in [0.1, 0.15) is 0 Å². The van der Waals surface area contributed by atoms with Crippen LogP contribution < -0.4 is 5.32 Å². The molecule has 1 fully saturated rings. The SMILES string of the molecule is CC(C)(C)C(=O)NCC(=O)N1CCN(S(=O)(=O)c2ccc3c(c2)CCC3)CC1. The largest absolute Gasteiger partial charge is 0.347 e. The summed E-state index contributed by atoms with van der Waals surface area (Å²) in [6.07, 6.45) is 3.02. The zero-order valence-corrected chi connectivity index (χ0v) is 17.6. The van der Waals surface area contributed by atoms with E-state index in [0.717, 1.165) is 24.8 Å². The van der Waals surface area contributed by atoms with Crippen molar-refractivity contribution < 1.29 is 18.0 Å². The van der Waals surface area contributed by atoms with Gasteiger partial charge in [0.15, 0.2) is 0 Å². The molecule has 1 saturated heterocycles. The third kappa shape index (κ3) is 4.38. The number of hydrogen-bond acceptors (Lipinski definition) is 4. The number of aryl methyl sites for hydroxylation is 2. The number of benzene rings is 1. The molecule has 154 valence electrons. The summed E-state index contributed by atoms with van der Waals surface area (Å²) in [4.78, 5) is 26.2. The lowest BCUT2D eigenvalue weighted by Crippen LogP contribution is -2.53. The van der Waals surface area contributed by atoms with Gasteiger partial charge in [0, 0.05) is 31.6 Å². The van der Waals surface area contributed by atoms with Gasteiger partial charge < -0.3 is 10.2 Å². The second-order valence-corrected chi connectivity index (χ2v) is 10.4. The molecule has 1 aromatic rings. The second kappa shape index (κ2) is 7.83. The van der Waals surface area contributed by atoms with Crippen LogP contribution in [0.4, 0.5) is 0 Å². The smallest absolute Gasteiger partial charge is 0.243 e. The molecule has 1 aromatic carbocycles. The predicted molar refractivity (Wildman–Crippen MR) is 106 cm³/mol. The summed E-state index contributed by atoms with van der Waals surface area (Å²) in [6, 6.07) is 5.42. The van der Waals surface area contributed by atoms with Crippen LogP contribution in [0.15, 0.2) is 23.1 Å². The molecule has 1 N–H and O–H groups in total. The first-order chi connectivity index (χ1) is 13.1. The van der Waals surface area contributed by atoms with Gasteiger partial charge in [-0.15, -0.1) is 0 Å². The number of fused-ring (bicyclic) bond motifs is 1. The minimum absolute atomic E-state index is 0.0618. The van der Waals surface area contributed by atoms with Crippen LogP contribution in [0.25, 0.3) is 0 Å². The molecule has 0 aromatic heterocycles. The lowest BCUT2D eigenvalue weighted by atomic mass is 9.96. The van der Waals surface area contributed by atoms with Crippen LogP contribution in [-0.4, -0.2) is 62.2 Å². The van der Waals surface area contributed by atoms with Crippen LogP contribution in [0, 0.1) is 5.41 Å². The average molecular weight is 408 g/mol. The van der Waals surface area contributed by atoms with Crippen LogP contribution in [-0.2, 0) is 32.5 Å². The number of hydrogen-bond donors (Lipinski definition) is 1. The summed E-state index contributed by atoms with van der Waals surface area (Å²) in [5.74, 6) is -0.370. The minimum atomic E-state index is -3.55. The average Bonchev–Trinajstić information content (AvgIpc) is 3.13. The van der Waals surface area contributed by atoms with Crippen molar-refractivity contribution in [3.8, 4) is 0 Å². The normalized spacial score (nSPS) is 18.0. The molecule has 1 aliphatic heterocycles. The van der Waals surface area contributed by atoms with Crippen molar-refractivity contribution in [2.24, 2.45) is 5.41 Å². The third-order valence-electron chi connectivity index (χ3n) is 5.38. The van der Waals surface area contributed by atoms with E-state index in [1.54, 1.807) is 37.8 Å². The summed E-state index contributed by atoms with van der Waals surface area (Å²) < 4.78 is 27.4. The molecular formula is C20H29N3O4S. The quantitative estimate of drug-likeness (QED) is 0.812. The summed E-state index contributed by atoms with van der Waals surface area (Å²) in [5.41, 5.74) is 1.82. The Morgan fingerprint density at radius 2 is 1.68 bits per heavy atom. The maximum Gasteiger partial charge on any atom is 0.243 e. The van der Waals surface area contributed by atoms with Crippen LogP contribution >= 0.6 is 0 Å². The van der Waals surface area contributed by atoms with E-state index in [2.05, 4.69) is 5.32 Å². The second-order valence-electron chi connectivity index (χ2n) is 8.50. The number of carbonyl (C=O) groups excluding carboxylic acids is 2. The van der Waals surface area contributed by atoms with Crippen molar-refractivity contribution in [3.63, 3.8) is 0 Å². The summed E-state index contributed by atoms with van der Waals surface area (Å²) >= 11 is 0. The van der Waals surface area contributed by atoms with E-state index < -0.39 is 15.4 Å². The van der Waals surface area contributed by atoms with E-state index in [-0.39, 0.29) is 31.4 Å². The van der Waals surface area contributed by atoms with Crippen LogP contribution in [0.3, 0.4) is 0 Å². The number of nitrogens with zero attached hydrogens (tertiary/aromatic N) is 2. The predicted octanol–water partition coefficient (Wildman–Crippen LogP) is 1.17. The van der Waals surface area contributed by atoms with Gasteiger partial charge >= 0.3 is 0 Å². The highest BCUT2D eigenvalue weighted by Gasteiger charge is 2.31. The molecule has 8 heteroatoms. The topological polar surface area (TPSA) is 86.8 Å². The van der Waals surface area contributed by atoms with E-state index in [1.165, 1.54) is 9.87 Å². The molecule has 1 aliphatic carbocycles. The van der Waals surface area contributed by atoms with E-state index in [1.807, 2.05) is 6.07 Å². The molecule has 0 radical (unpaired) electrons. The van der Waals surface area contributed by atoms with E-state index >= 15 is 0 Å². The number of rotatable bonds is 4. The highest BCUT2D eigenvalue weighted by atomic mass is 32.2. The molecule has 28 heavy (non-hydrogen) atoms. The zero-order chi connectivity index (χ0) is 20.5. The monoisotopic (exact) mass is 407 g/mol. The lowest BCUT2D eigenvalue weighted by Gasteiger charge is -2.34. The Kier molecular flexibility index (Phi) is 5.82. The fourth-order valence-electron chi connectivity index (χ4n) is 3.57. The Morgan fingerprint density at radius 3 is 2.32 bits per heavy atom. The van der Waals surface area contributed by atoms with Crippen molar-refractivity contribution in [1.29, 1.82) is 0 Å². The Labute approximate surface area is 167 Å². The molecule has 2 aliphatic rings. The molecular weight excluding hydrogens is 378 g/mol. The minimum Gasteiger partial charge on any atom is -0.347 e. The molecule has 1 heterocycles. The first-order valence-corrected chi connectivity index (χ1v) is 11.2. The van der Waals surface area contributed by atoms with Crippen LogP contribution in [0.5, 0.6) is 0 Å². The summed E-state index contributed by atoms with van der Waals surface area (Å²) in [6.45, 7) is 6.48. The van der Waals surface area contributed by atoms with E-state index in [9.17, 15) is 18.0 Å². The molecule has 0 unspecified atom stereocenters. The van der Waals surface area contributed by atoms with Crippen LogP contribution in [0.2, 0.25) is 0 Å². The maximum absolute atomic E-state index is 13.0. The first kappa shape index (κ1) is 20.8. The van der Waals surface area contributed by atoms with Crippen molar-refractivity contribution >= 4 is 21.8 Å². The van der Waals surface area contributed by atoms with Crippen molar-refractivity contribution in [1.82, 2.24) is 14.5 Å². The molecule has 0 atom stereocenters. The Morgan fingerprint density at radius 1 is 1.04 bits per heavy atom. The van der Waals surface area contributed by atoms with Gasteiger partial charge in [-0.05, 0) is 42.5 Å². The van der Waals surface area contributed by atoms with Gasteiger partial charge in [-0.1, -0.05) is 26.8 Å². The summed E-state index contributed by atoms with van der Waals surface area (Å²) in [7, 11) is -3.55. The van der Waals surface area contributed by atoms with Crippen LogP contribution in [0.1, 0.15) is 38.3 Å². The van der Waals surface area contributed by atoms with Gasteiger partial charge in [0.25, 0.3) is 0 Å². The number of amides is 2. The number of nitrogens with one attached hydrogen (secondary N) is 1. The number of sulfonamides is 1. The first-order valence-electron chi connectivity index (χ1n) is 9.77.